The van der Waals surface area contributed by atoms with E-state index in [1.165, 1.54) is 12.1 Å². The first-order valence-electron chi connectivity index (χ1n) is 5.89. The van der Waals surface area contributed by atoms with Crippen LogP contribution in [0.1, 0.15) is 27.1 Å². The van der Waals surface area contributed by atoms with Gasteiger partial charge in [-0.25, -0.2) is 4.79 Å². The number of benzene rings is 1. The highest BCUT2D eigenvalue weighted by atomic mass is 16.5. The average molecular weight is 249 g/mol. The Labute approximate surface area is 105 Å². The van der Waals surface area contributed by atoms with Crippen LogP contribution in [0, 0.1) is 0 Å². The third kappa shape index (κ3) is 2.87. The summed E-state index contributed by atoms with van der Waals surface area (Å²) in [6.45, 7) is 2.50. The quantitative estimate of drug-likeness (QED) is 0.856. The summed E-state index contributed by atoms with van der Waals surface area (Å²) in [5, 5.41) is 8.79. The molecule has 1 fully saturated rings. The maximum atomic E-state index is 12.2. The lowest BCUT2D eigenvalue weighted by Gasteiger charge is -2.19. The van der Waals surface area contributed by atoms with E-state index >= 15 is 0 Å². The van der Waals surface area contributed by atoms with Crippen molar-refractivity contribution in [2.24, 2.45) is 0 Å². The normalized spacial score (nSPS) is 16.1. The van der Waals surface area contributed by atoms with Crippen molar-refractivity contribution < 1.29 is 19.4 Å². The number of nitrogens with zero attached hydrogens (tertiary/aromatic N) is 1. The summed E-state index contributed by atoms with van der Waals surface area (Å²) < 4.78 is 5.29. The molecule has 1 N–H and O–H groups in total. The van der Waals surface area contributed by atoms with Gasteiger partial charge in [0.05, 0.1) is 12.2 Å². The molecule has 96 valence electrons. The van der Waals surface area contributed by atoms with Crippen LogP contribution < -0.4 is 0 Å². The van der Waals surface area contributed by atoms with E-state index in [9.17, 15) is 9.59 Å². The van der Waals surface area contributed by atoms with Crippen LogP contribution in [0.5, 0.6) is 0 Å². The lowest BCUT2D eigenvalue weighted by Crippen LogP contribution is -2.33. The molecule has 0 spiro atoms. The van der Waals surface area contributed by atoms with Gasteiger partial charge in [-0.1, -0.05) is 0 Å². The predicted octanol–water partition coefficient (Wildman–Crippen LogP) is 1.25. The highest BCUT2D eigenvalue weighted by Crippen LogP contribution is 2.10. The molecule has 1 aromatic rings. The Morgan fingerprint density at radius 1 is 1.06 bits per heavy atom. The molecule has 1 saturated heterocycles. The summed E-state index contributed by atoms with van der Waals surface area (Å²) in [6.07, 6.45) is 0.832. The maximum absolute atomic E-state index is 12.2. The van der Waals surface area contributed by atoms with Crippen molar-refractivity contribution in [3.8, 4) is 0 Å². The Balaban J connectivity index is 2.10. The van der Waals surface area contributed by atoms with E-state index in [1.54, 1.807) is 17.0 Å². The number of carbonyl (C=O) groups excluding carboxylic acids is 1. The van der Waals surface area contributed by atoms with Crippen molar-refractivity contribution in [1.29, 1.82) is 0 Å². The second-order valence-electron chi connectivity index (χ2n) is 4.14. The van der Waals surface area contributed by atoms with Gasteiger partial charge in [0.2, 0.25) is 0 Å². The second-order valence-corrected chi connectivity index (χ2v) is 4.14. The highest BCUT2D eigenvalue weighted by Gasteiger charge is 2.17. The Kier molecular flexibility index (Phi) is 3.94. The number of carbonyl (C=O) groups is 2. The van der Waals surface area contributed by atoms with Crippen LogP contribution in [0.25, 0.3) is 0 Å². The van der Waals surface area contributed by atoms with Crippen molar-refractivity contribution in [3.63, 3.8) is 0 Å². The zero-order chi connectivity index (χ0) is 13.0. The van der Waals surface area contributed by atoms with Gasteiger partial charge >= 0.3 is 5.97 Å². The van der Waals surface area contributed by atoms with Gasteiger partial charge in [0.25, 0.3) is 5.91 Å². The van der Waals surface area contributed by atoms with Crippen LogP contribution in [0.3, 0.4) is 0 Å². The van der Waals surface area contributed by atoms with E-state index in [-0.39, 0.29) is 11.5 Å². The molecule has 1 aliphatic rings. The fourth-order valence-corrected chi connectivity index (χ4v) is 1.89. The van der Waals surface area contributed by atoms with Gasteiger partial charge in [-0.05, 0) is 30.7 Å². The predicted molar refractivity (Wildman–Crippen MR) is 64.7 cm³/mol. The van der Waals surface area contributed by atoms with Crippen molar-refractivity contribution in [1.82, 2.24) is 4.90 Å². The number of amides is 1. The summed E-state index contributed by atoms with van der Waals surface area (Å²) >= 11 is 0. The summed E-state index contributed by atoms with van der Waals surface area (Å²) in [6, 6.07) is 6.00. The third-order valence-electron chi connectivity index (χ3n) is 2.89. The molecule has 18 heavy (non-hydrogen) atoms. The number of rotatable bonds is 2. The molecule has 0 saturated carbocycles. The molecule has 1 amide bonds. The molecule has 0 atom stereocenters. The summed E-state index contributed by atoms with van der Waals surface area (Å²) in [4.78, 5) is 24.6. The van der Waals surface area contributed by atoms with E-state index in [0.29, 0.717) is 31.9 Å². The molecule has 0 radical (unpaired) electrons. The van der Waals surface area contributed by atoms with Gasteiger partial charge in [0.1, 0.15) is 0 Å². The minimum Gasteiger partial charge on any atom is -0.478 e. The topological polar surface area (TPSA) is 66.8 Å². The summed E-state index contributed by atoms with van der Waals surface area (Å²) in [5.74, 6) is -1.06. The number of carboxylic acid groups (broad SMARTS) is 1. The molecule has 2 rings (SSSR count). The smallest absolute Gasteiger partial charge is 0.335 e. The van der Waals surface area contributed by atoms with Crippen LogP contribution >= 0.6 is 0 Å². The largest absolute Gasteiger partial charge is 0.478 e. The number of carboxylic acids is 1. The molecule has 1 aliphatic heterocycles. The molecule has 0 aliphatic carbocycles. The van der Waals surface area contributed by atoms with Crippen LogP contribution in [0.15, 0.2) is 24.3 Å². The molecule has 5 heteroatoms. The van der Waals surface area contributed by atoms with E-state index in [2.05, 4.69) is 0 Å². The molecule has 1 heterocycles. The van der Waals surface area contributed by atoms with Crippen LogP contribution in [-0.2, 0) is 4.74 Å². The second kappa shape index (κ2) is 5.64. The molecular weight excluding hydrogens is 234 g/mol. The molecular formula is C13H15NO4. The molecule has 0 unspecified atom stereocenters. The molecule has 0 bridgehead atoms. The van der Waals surface area contributed by atoms with Crippen LogP contribution in [0.4, 0.5) is 0 Å². The van der Waals surface area contributed by atoms with Gasteiger partial charge in [-0.15, -0.1) is 0 Å². The van der Waals surface area contributed by atoms with Crippen molar-refractivity contribution in [2.45, 2.75) is 6.42 Å². The Morgan fingerprint density at radius 3 is 2.39 bits per heavy atom. The SMILES string of the molecule is O=C(O)c1ccc(C(=O)N2CCCOCC2)cc1. The highest BCUT2D eigenvalue weighted by molar-refractivity contribution is 5.95. The van der Waals surface area contributed by atoms with Crippen molar-refractivity contribution in [3.05, 3.63) is 35.4 Å². The lowest BCUT2D eigenvalue weighted by atomic mass is 10.1. The number of hydrogen-bond acceptors (Lipinski definition) is 3. The lowest BCUT2D eigenvalue weighted by molar-refractivity contribution is 0.0693. The minimum absolute atomic E-state index is 0.0718. The van der Waals surface area contributed by atoms with E-state index in [0.717, 1.165) is 6.42 Å². The summed E-state index contributed by atoms with van der Waals surface area (Å²) in [7, 11) is 0. The standard InChI is InChI=1S/C13H15NO4/c15-12(14-6-1-8-18-9-7-14)10-2-4-11(5-3-10)13(16)17/h2-5H,1,6-9H2,(H,16,17). The van der Waals surface area contributed by atoms with Gasteiger partial charge in [0, 0.05) is 25.3 Å². The van der Waals surface area contributed by atoms with Crippen molar-refractivity contribution >= 4 is 11.9 Å². The van der Waals surface area contributed by atoms with Crippen LogP contribution in [0.2, 0.25) is 0 Å². The number of hydrogen-bond donors (Lipinski definition) is 1. The first-order valence-corrected chi connectivity index (χ1v) is 5.89. The van der Waals surface area contributed by atoms with Gasteiger partial charge in [0.15, 0.2) is 0 Å². The zero-order valence-electron chi connectivity index (χ0n) is 9.96. The molecule has 1 aromatic carbocycles. The zero-order valence-corrected chi connectivity index (χ0v) is 9.96. The van der Waals surface area contributed by atoms with Gasteiger partial charge in [-0.3, -0.25) is 4.79 Å². The fraction of sp³-hybridized carbons (Fsp3) is 0.385. The van der Waals surface area contributed by atoms with Crippen molar-refractivity contribution in [2.75, 3.05) is 26.3 Å². The molecule has 5 nitrogen and oxygen atoms in total. The fourth-order valence-electron chi connectivity index (χ4n) is 1.89. The number of aromatic carboxylic acids is 1. The van der Waals surface area contributed by atoms with E-state index < -0.39 is 5.97 Å². The maximum Gasteiger partial charge on any atom is 0.335 e. The van der Waals surface area contributed by atoms with Gasteiger partial charge < -0.3 is 14.7 Å². The monoisotopic (exact) mass is 249 g/mol. The third-order valence-corrected chi connectivity index (χ3v) is 2.89. The first-order chi connectivity index (χ1) is 8.68. The minimum atomic E-state index is -0.989. The van der Waals surface area contributed by atoms with E-state index in [4.69, 9.17) is 9.84 Å². The van der Waals surface area contributed by atoms with Crippen LogP contribution in [-0.4, -0.2) is 48.2 Å². The summed E-state index contributed by atoms with van der Waals surface area (Å²) in [5.41, 5.74) is 0.702. The molecule has 0 aromatic heterocycles. The Bertz CT molecular complexity index is 433. The average Bonchev–Trinajstić information content (AvgIpc) is 2.67. The Hall–Kier alpha value is -1.88. The van der Waals surface area contributed by atoms with E-state index in [1.807, 2.05) is 0 Å². The van der Waals surface area contributed by atoms with Gasteiger partial charge in [-0.2, -0.15) is 0 Å². The Morgan fingerprint density at radius 2 is 1.72 bits per heavy atom. The first kappa shape index (κ1) is 12.6. The number of ether oxygens (including phenoxy) is 1.